The average Bonchev–Trinajstić information content (AvgIpc) is 3.34. The van der Waals surface area contributed by atoms with Gasteiger partial charge in [-0.3, -0.25) is 19.6 Å². The van der Waals surface area contributed by atoms with E-state index in [-0.39, 0.29) is 17.4 Å². The molecule has 0 unspecified atom stereocenters. The van der Waals surface area contributed by atoms with E-state index in [4.69, 9.17) is 0 Å². The van der Waals surface area contributed by atoms with Crippen LogP contribution in [-0.4, -0.2) is 36.4 Å². The molecule has 5 aromatic rings. The number of aryl methyl sites for hydroxylation is 1. The summed E-state index contributed by atoms with van der Waals surface area (Å²) in [5.74, 6) is 0.283. The summed E-state index contributed by atoms with van der Waals surface area (Å²) in [4.78, 5) is 38.3. The van der Waals surface area contributed by atoms with E-state index in [1.54, 1.807) is 47.4 Å². The number of aromatic nitrogens is 5. The number of ketones is 1. The van der Waals surface area contributed by atoms with Crippen molar-refractivity contribution in [3.8, 4) is 17.1 Å². The summed E-state index contributed by atoms with van der Waals surface area (Å²) in [6, 6.07) is 19.9. The van der Waals surface area contributed by atoms with Gasteiger partial charge >= 0.3 is 0 Å². The van der Waals surface area contributed by atoms with Crippen LogP contribution in [0.25, 0.3) is 28.1 Å². The molecule has 1 amide bonds. The summed E-state index contributed by atoms with van der Waals surface area (Å²) in [5, 5.41) is 7.44. The number of anilines is 1. The molecule has 5 rings (SSSR count). The predicted octanol–water partition coefficient (Wildman–Crippen LogP) is 5.03. The smallest absolute Gasteiger partial charge is 0.276 e. The average molecular weight is 463 g/mol. The van der Waals surface area contributed by atoms with Crippen LogP contribution in [0.1, 0.15) is 39.9 Å². The molecule has 172 valence electrons. The van der Waals surface area contributed by atoms with Gasteiger partial charge in [-0.15, -0.1) is 0 Å². The molecule has 35 heavy (non-hydrogen) atoms. The monoisotopic (exact) mass is 462 g/mol. The Morgan fingerprint density at radius 2 is 1.69 bits per heavy atom. The lowest BCUT2D eigenvalue weighted by molar-refractivity contribution is 0.0986. The van der Waals surface area contributed by atoms with Crippen LogP contribution >= 0.6 is 0 Å². The molecule has 0 bridgehead atoms. The highest BCUT2D eigenvalue weighted by atomic mass is 16.2. The van der Waals surface area contributed by atoms with Crippen molar-refractivity contribution in [1.29, 1.82) is 0 Å². The highest BCUT2D eigenvalue weighted by Gasteiger charge is 2.18. The third-order valence-corrected chi connectivity index (χ3v) is 5.58. The molecule has 0 aliphatic carbocycles. The Hall–Kier alpha value is -4.72. The number of fused-ring (bicyclic) bond motifs is 1. The van der Waals surface area contributed by atoms with E-state index >= 15 is 0 Å². The third kappa shape index (κ3) is 4.54. The van der Waals surface area contributed by atoms with Crippen LogP contribution < -0.4 is 5.32 Å². The highest BCUT2D eigenvalue weighted by Crippen LogP contribution is 2.26. The van der Waals surface area contributed by atoms with Crippen molar-refractivity contribution >= 4 is 28.4 Å². The van der Waals surface area contributed by atoms with Gasteiger partial charge in [0.25, 0.3) is 5.91 Å². The number of Topliss-reactive ketones (excluding diaryl/α,β-unsaturated/α-hetero) is 1. The predicted molar refractivity (Wildman–Crippen MR) is 134 cm³/mol. The fourth-order valence-corrected chi connectivity index (χ4v) is 3.78. The fourth-order valence-electron chi connectivity index (χ4n) is 3.78. The minimum atomic E-state index is -0.368. The third-order valence-electron chi connectivity index (χ3n) is 5.58. The number of benzene rings is 2. The van der Waals surface area contributed by atoms with E-state index in [2.05, 4.69) is 25.4 Å². The fraction of sp³-hybridized carbons (Fsp3) is 0.111. The Morgan fingerprint density at radius 3 is 2.43 bits per heavy atom. The molecule has 0 aliphatic rings. The van der Waals surface area contributed by atoms with Crippen LogP contribution in [-0.2, 0) is 0 Å². The highest BCUT2D eigenvalue weighted by molar-refractivity contribution is 6.04. The molecule has 8 heteroatoms. The summed E-state index contributed by atoms with van der Waals surface area (Å²) < 4.78 is 1.66. The molecule has 0 atom stereocenters. The van der Waals surface area contributed by atoms with Crippen molar-refractivity contribution in [2.75, 3.05) is 5.32 Å². The normalized spacial score (nSPS) is 10.9. The van der Waals surface area contributed by atoms with Crippen molar-refractivity contribution in [2.45, 2.75) is 20.3 Å². The van der Waals surface area contributed by atoms with Gasteiger partial charge in [-0.2, -0.15) is 5.10 Å². The van der Waals surface area contributed by atoms with Crippen molar-refractivity contribution < 1.29 is 9.59 Å². The van der Waals surface area contributed by atoms with E-state index < -0.39 is 0 Å². The van der Waals surface area contributed by atoms with E-state index in [1.165, 1.54) is 0 Å². The molecular formula is C27H22N6O2. The van der Waals surface area contributed by atoms with Gasteiger partial charge in [0.05, 0.1) is 16.7 Å². The zero-order valence-corrected chi connectivity index (χ0v) is 19.3. The molecule has 2 aromatic carbocycles. The molecule has 0 saturated heterocycles. The second kappa shape index (κ2) is 9.26. The van der Waals surface area contributed by atoms with Gasteiger partial charge < -0.3 is 5.32 Å². The summed E-state index contributed by atoms with van der Waals surface area (Å²) in [7, 11) is 0. The molecule has 0 spiro atoms. The summed E-state index contributed by atoms with van der Waals surface area (Å²) in [5.41, 5.74) is 5.30. The standard InChI is InChI=1S/C27H22N6O2/c1-3-25(34)18-7-10-20(11-8-18)31-27(35)23-16-24(33(32-23)26-6-4-5-17(2)30-26)19-9-12-21-22(15-19)29-14-13-28-21/h4-16H,3H2,1-2H3,(H,31,35). The first kappa shape index (κ1) is 22.1. The number of nitrogens with zero attached hydrogens (tertiary/aromatic N) is 5. The van der Waals surface area contributed by atoms with Crippen LogP contribution in [0, 0.1) is 6.92 Å². The van der Waals surface area contributed by atoms with Crippen molar-refractivity contribution in [3.63, 3.8) is 0 Å². The number of hydrogen-bond donors (Lipinski definition) is 1. The van der Waals surface area contributed by atoms with Gasteiger partial charge in [0.2, 0.25) is 0 Å². The summed E-state index contributed by atoms with van der Waals surface area (Å²) in [6.45, 7) is 3.72. The Morgan fingerprint density at radius 1 is 0.914 bits per heavy atom. The Balaban J connectivity index is 1.53. The van der Waals surface area contributed by atoms with Crippen molar-refractivity contribution in [3.05, 3.63) is 96.1 Å². The summed E-state index contributed by atoms with van der Waals surface area (Å²) in [6.07, 6.45) is 3.72. The van der Waals surface area contributed by atoms with Gasteiger partial charge in [0, 0.05) is 41.3 Å². The first-order valence-electron chi connectivity index (χ1n) is 11.2. The lowest BCUT2D eigenvalue weighted by Gasteiger charge is -2.08. The maximum Gasteiger partial charge on any atom is 0.276 e. The van der Waals surface area contributed by atoms with Crippen molar-refractivity contribution in [1.82, 2.24) is 24.7 Å². The van der Waals surface area contributed by atoms with Gasteiger partial charge in [-0.1, -0.05) is 19.1 Å². The van der Waals surface area contributed by atoms with Gasteiger partial charge in [-0.25, -0.2) is 9.67 Å². The molecular weight excluding hydrogens is 440 g/mol. The van der Waals surface area contributed by atoms with Gasteiger partial charge in [-0.05, 0) is 61.5 Å². The maximum atomic E-state index is 13.1. The number of rotatable bonds is 6. The first-order valence-corrected chi connectivity index (χ1v) is 11.2. The SMILES string of the molecule is CCC(=O)c1ccc(NC(=O)c2cc(-c3ccc4nccnc4c3)n(-c3cccc(C)n3)n2)cc1. The molecule has 1 N–H and O–H groups in total. The largest absolute Gasteiger partial charge is 0.321 e. The quantitative estimate of drug-likeness (QED) is 0.355. The molecule has 0 saturated carbocycles. The molecule has 8 nitrogen and oxygen atoms in total. The number of pyridine rings is 1. The number of carbonyl (C=O) groups is 2. The van der Waals surface area contributed by atoms with Crippen molar-refractivity contribution in [2.24, 2.45) is 0 Å². The van der Waals surface area contributed by atoms with E-state index in [0.717, 1.165) is 22.3 Å². The van der Waals surface area contributed by atoms with Crippen LogP contribution in [0.2, 0.25) is 0 Å². The van der Waals surface area contributed by atoms with Crippen LogP contribution in [0.5, 0.6) is 0 Å². The van der Waals surface area contributed by atoms with Gasteiger partial charge in [0.15, 0.2) is 17.3 Å². The van der Waals surface area contributed by atoms with Crippen LogP contribution in [0.4, 0.5) is 5.69 Å². The Labute approximate surface area is 201 Å². The summed E-state index contributed by atoms with van der Waals surface area (Å²) >= 11 is 0. The van der Waals surface area contributed by atoms with Crippen LogP contribution in [0.3, 0.4) is 0 Å². The minimum Gasteiger partial charge on any atom is -0.321 e. The lowest BCUT2D eigenvalue weighted by atomic mass is 10.1. The maximum absolute atomic E-state index is 13.1. The lowest BCUT2D eigenvalue weighted by Crippen LogP contribution is -2.13. The molecule has 0 aliphatic heterocycles. The van der Waals surface area contributed by atoms with Crippen LogP contribution in [0.15, 0.2) is 79.1 Å². The molecule has 0 fully saturated rings. The number of hydrogen-bond acceptors (Lipinski definition) is 6. The Bertz CT molecular complexity index is 1560. The molecule has 3 heterocycles. The topological polar surface area (TPSA) is 103 Å². The van der Waals surface area contributed by atoms with Gasteiger partial charge in [0.1, 0.15) is 0 Å². The minimum absolute atomic E-state index is 0.0528. The number of carbonyl (C=O) groups excluding carboxylic acids is 2. The zero-order valence-electron chi connectivity index (χ0n) is 19.3. The number of nitrogens with one attached hydrogen (secondary N) is 1. The second-order valence-corrected chi connectivity index (χ2v) is 8.03. The first-order chi connectivity index (χ1) is 17.0. The van der Waals surface area contributed by atoms with E-state index in [0.29, 0.717) is 29.2 Å². The van der Waals surface area contributed by atoms with E-state index in [1.807, 2.05) is 50.2 Å². The van der Waals surface area contributed by atoms with E-state index in [9.17, 15) is 9.59 Å². The molecule has 0 radical (unpaired) electrons. The molecule has 3 aromatic heterocycles. The zero-order chi connectivity index (χ0) is 24.4. The number of amides is 1. The Kier molecular flexibility index (Phi) is 5.85. The second-order valence-electron chi connectivity index (χ2n) is 8.03.